The number of benzene rings is 4. The number of nitrogens with zero attached hydrogens (tertiary/aromatic N) is 7. The van der Waals surface area contributed by atoms with Gasteiger partial charge in [0.15, 0.2) is 11.5 Å². The van der Waals surface area contributed by atoms with Crippen LogP contribution in [0.3, 0.4) is 0 Å². The van der Waals surface area contributed by atoms with Gasteiger partial charge in [-0.1, -0.05) is 30.3 Å². The molecule has 2 heterocycles. The van der Waals surface area contributed by atoms with Crippen molar-refractivity contribution in [1.82, 2.24) is 19.5 Å². The zero-order chi connectivity index (χ0) is 27.1. The van der Waals surface area contributed by atoms with E-state index in [2.05, 4.69) is 60.8 Å². The first kappa shape index (κ1) is 23.6. The second-order valence-electron chi connectivity index (χ2n) is 9.17. The topological polar surface area (TPSA) is 95.5 Å². The van der Waals surface area contributed by atoms with Crippen LogP contribution >= 0.6 is 0 Å². The van der Waals surface area contributed by atoms with Gasteiger partial charge in [-0.05, 0) is 73.5 Å². The van der Waals surface area contributed by atoms with Crippen LogP contribution in [-0.2, 0) is 0 Å². The highest BCUT2D eigenvalue weighted by molar-refractivity contribution is 6.10. The molecule has 0 fully saturated rings. The Morgan fingerprint density at radius 1 is 0.718 bits per heavy atom. The largest absolute Gasteiger partial charge is 0.308 e. The van der Waals surface area contributed by atoms with Crippen LogP contribution in [0.15, 0.2) is 78.9 Å². The predicted molar refractivity (Wildman–Crippen MR) is 150 cm³/mol. The van der Waals surface area contributed by atoms with Gasteiger partial charge in [-0.25, -0.2) is 19.8 Å². The van der Waals surface area contributed by atoms with Gasteiger partial charge in [-0.15, -0.1) is 0 Å². The maximum Gasteiger partial charge on any atom is 0.189 e. The molecule has 0 spiro atoms. The van der Waals surface area contributed by atoms with Gasteiger partial charge >= 0.3 is 0 Å². The molecule has 6 aromatic rings. The van der Waals surface area contributed by atoms with E-state index in [1.807, 2.05) is 44.2 Å². The first-order valence-corrected chi connectivity index (χ1v) is 12.2. The summed E-state index contributed by atoms with van der Waals surface area (Å²) >= 11 is 0. The Bertz CT molecular complexity index is 2030. The second kappa shape index (κ2) is 9.23. The Hall–Kier alpha value is -5.84. The Morgan fingerprint density at radius 3 is 2.21 bits per heavy atom. The molecule has 2 aromatic heterocycles. The number of para-hydroxylation sites is 1. The van der Waals surface area contributed by atoms with Gasteiger partial charge in [0.25, 0.3) is 0 Å². The zero-order valence-electron chi connectivity index (χ0n) is 21.1. The average molecular weight is 502 g/mol. The van der Waals surface area contributed by atoms with E-state index in [1.54, 1.807) is 24.3 Å². The number of aromatic nitrogens is 4. The van der Waals surface area contributed by atoms with Crippen LogP contribution < -0.4 is 0 Å². The van der Waals surface area contributed by atoms with Crippen molar-refractivity contribution < 1.29 is 0 Å². The quantitative estimate of drug-likeness (QED) is 0.239. The Labute approximate surface area is 224 Å². The van der Waals surface area contributed by atoms with Crippen molar-refractivity contribution in [2.45, 2.75) is 13.8 Å². The van der Waals surface area contributed by atoms with Gasteiger partial charge in [-0.2, -0.15) is 10.5 Å². The summed E-state index contributed by atoms with van der Waals surface area (Å²) in [7, 11) is 0. The molecular weight excluding hydrogens is 482 g/mol. The lowest BCUT2D eigenvalue weighted by molar-refractivity contribution is 0.926. The number of nitriles is 2. The smallest absolute Gasteiger partial charge is 0.189 e. The van der Waals surface area contributed by atoms with Crippen LogP contribution in [0.25, 0.3) is 54.9 Å². The van der Waals surface area contributed by atoms with Gasteiger partial charge in [-0.3, -0.25) is 0 Å². The molecule has 0 N–H and O–H groups in total. The van der Waals surface area contributed by atoms with Crippen LogP contribution in [0, 0.1) is 43.1 Å². The van der Waals surface area contributed by atoms with Crippen LogP contribution in [0.1, 0.15) is 22.8 Å². The highest BCUT2D eigenvalue weighted by Gasteiger charge is 2.19. The van der Waals surface area contributed by atoms with Crippen LogP contribution in [0.5, 0.6) is 0 Å². The van der Waals surface area contributed by atoms with Gasteiger partial charge in [0, 0.05) is 21.9 Å². The monoisotopic (exact) mass is 501 g/mol. The fraction of sp³-hybridized carbons (Fsp3) is 0.0625. The summed E-state index contributed by atoms with van der Waals surface area (Å²) in [4.78, 5) is 17.1. The molecule has 0 aliphatic rings. The summed E-state index contributed by atoms with van der Waals surface area (Å²) in [5.74, 6) is 1.76. The molecule has 0 atom stereocenters. The molecule has 0 radical (unpaired) electrons. The third-order valence-electron chi connectivity index (χ3n) is 6.65. The summed E-state index contributed by atoms with van der Waals surface area (Å²) in [6.07, 6.45) is 0. The fourth-order valence-corrected chi connectivity index (χ4v) is 5.03. The minimum absolute atomic E-state index is 0.411. The van der Waals surface area contributed by atoms with Crippen molar-refractivity contribution in [3.05, 3.63) is 113 Å². The summed E-state index contributed by atoms with van der Waals surface area (Å²) in [5, 5.41) is 21.4. The molecule has 182 valence electrons. The lowest BCUT2D eigenvalue weighted by Crippen LogP contribution is -2.03. The van der Waals surface area contributed by atoms with E-state index in [0.717, 1.165) is 44.2 Å². The number of hydrogen-bond donors (Lipinski definition) is 0. The maximum atomic E-state index is 9.78. The first-order valence-electron chi connectivity index (χ1n) is 12.2. The van der Waals surface area contributed by atoms with Crippen LogP contribution in [-0.4, -0.2) is 19.5 Å². The third kappa shape index (κ3) is 4.03. The molecule has 0 aliphatic heterocycles. The normalized spacial score (nSPS) is 10.7. The summed E-state index contributed by atoms with van der Waals surface area (Å²) in [6.45, 7) is 11.1. The average Bonchev–Trinajstić information content (AvgIpc) is 3.29. The maximum absolute atomic E-state index is 9.78. The fourth-order valence-electron chi connectivity index (χ4n) is 5.03. The Balaban J connectivity index is 1.71. The van der Waals surface area contributed by atoms with Gasteiger partial charge in [0.1, 0.15) is 11.6 Å². The van der Waals surface area contributed by atoms with E-state index in [0.29, 0.717) is 34.3 Å². The minimum atomic E-state index is 0.411. The standard InChI is InChI=1S/C32H19N7/c1-19-36-20(2)38-32(37-19)28-10-8-21(17-33)14-30(28)39-29-7-5-4-6-26(29)27-11-9-23(16-31(27)39)24-12-22(18-34)13-25(15-24)35-3/h4-16H,1-2H3. The molecule has 7 nitrogen and oxygen atoms in total. The van der Waals surface area contributed by atoms with E-state index in [1.165, 1.54) is 0 Å². The van der Waals surface area contributed by atoms with E-state index in [-0.39, 0.29) is 0 Å². The van der Waals surface area contributed by atoms with Crippen LogP contribution in [0.2, 0.25) is 0 Å². The number of aryl methyl sites for hydroxylation is 2. The Kier molecular flexibility index (Phi) is 5.57. The summed E-state index contributed by atoms with van der Waals surface area (Å²) in [5.41, 5.74) is 6.45. The van der Waals surface area contributed by atoms with E-state index >= 15 is 0 Å². The highest BCUT2D eigenvalue weighted by atomic mass is 15.0. The van der Waals surface area contributed by atoms with Gasteiger partial charge in [0.2, 0.25) is 0 Å². The molecule has 0 bridgehead atoms. The SMILES string of the molecule is [C-]#[N+]c1cc(C#N)cc(-c2ccc3c4ccccc4n(-c4cc(C#N)ccc4-c4nc(C)nc(C)n4)c3c2)c1. The second-order valence-corrected chi connectivity index (χ2v) is 9.17. The van der Waals surface area contributed by atoms with E-state index < -0.39 is 0 Å². The van der Waals surface area contributed by atoms with Crippen LogP contribution in [0.4, 0.5) is 5.69 Å². The molecule has 6 rings (SSSR count). The molecular formula is C32H19N7. The minimum Gasteiger partial charge on any atom is -0.308 e. The molecule has 0 saturated heterocycles. The zero-order valence-corrected chi connectivity index (χ0v) is 21.1. The molecule has 4 aromatic carbocycles. The Morgan fingerprint density at radius 2 is 1.46 bits per heavy atom. The van der Waals surface area contributed by atoms with Gasteiger partial charge in [0.05, 0.1) is 41.0 Å². The molecule has 0 amide bonds. The molecule has 0 saturated carbocycles. The molecule has 7 heteroatoms. The van der Waals surface area contributed by atoms with E-state index in [9.17, 15) is 10.5 Å². The van der Waals surface area contributed by atoms with Crippen molar-refractivity contribution in [3.8, 4) is 40.3 Å². The number of rotatable bonds is 3. The highest BCUT2D eigenvalue weighted by Crippen LogP contribution is 2.38. The van der Waals surface area contributed by atoms with Crippen molar-refractivity contribution >= 4 is 27.5 Å². The lowest BCUT2D eigenvalue weighted by Gasteiger charge is -2.14. The molecule has 0 unspecified atom stereocenters. The van der Waals surface area contributed by atoms with Crippen molar-refractivity contribution in [2.75, 3.05) is 0 Å². The van der Waals surface area contributed by atoms with Gasteiger partial charge < -0.3 is 4.57 Å². The number of hydrogen-bond acceptors (Lipinski definition) is 5. The molecule has 0 aliphatic carbocycles. The lowest BCUT2D eigenvalue weighted by atomic mass is 10.0. The van der Waals surface area contributed by atoms with Crippen molar-refractivity contribution in [1.29, 1.82) is 10.5 Å². The van der Waals surface area contributed by atoms with E-state index in [4.69, 9.17) is 6.57 Å². The van der Waals surface area contributed by atoms with Crippen molar-refractivity contribution in [2.24, 2.45) is 0 Å². The first-order chi connectivity index (χ1) is 19.0. The summed E-state index contributed by atoms with van der Waals surface area (Å²) < 4.78 is 2.13. The number of fused-ring (bicyclic) bond motifs is 3. The third-order valence-corrected chi connectivity index (χ3v) is 6.65. The summed E-state index contributed by atoms with van der Waals surface area (Å²) in [6, 6.07) is 29.3. The predicted octanol–water partition coefficient (Wildman–Crippen LogP) is 7.21. The molecule has 39 heavy (non-hydrogen) atoms. The van der Waals surface area contributed by atoms with Crippen molar-refractivity contribution in [3.63, 3.8) is 0 Å².